The first-order valence-electron chi connectivity index (χ1n) is 7.53. The van der Waals surface area contributed by atoms with Crippen LogP contribution < -0.4 is 5.32 Å². The lowest BCUT2D eigenvalue weighted by Gasteiger charge is -2.22. The van der Waals surface area contributed by atoms with E-state index in [1.807, 2.05) is 30.3 Å². The van der Waals surface area contributed by atoms with Gasteiger partial charge in [0.1, 0.15) is 12.6 Å². The molecule has 1 atom stereocenters. The first-order valence-corrected chi connectivity index (χ1v) is 9.14. The van der Waals surface area contributed by atoms with Crippen LogP contribution in [0.25, 0.3) is 0 Å². The lowest BCUT2D eigenvalue weighted by Crippen LogP contribution is -2.43. The van der Waals surface area contributed by atoms with Crippen molar-refractivity contribution in [1.29, 1.82) is 0 Å². The third-order valence-electron chi connectivity index (χ3n) is 3.70. The van der Waals surface area contributed by atoms with Crippen molar-refractivity contribution in [2.45, 2.75) is 25.5 Å². The minimum Gasteiger partial charge on any atom is -0.445 e. The number of ether oxygens (including phenoxy) is 1. The number of halogens is 1. The van der Waals surface area contributed by atoms with Crippen molar-refractivity contribution in [3.63, 3.8) is 0 Å². The number of carbonyl (C=O) groups is 2. The Labute approximate surface area is 152 Å². The van der Waals surface area contributed by atoms with E-state index in [1.165, 1.54) is 16.2 Å². The summed E-state index contributed by atoms with van der Waals surface area (Å²) in [6, 6.07) is 8.95. The zero-order valence-corrected chi connectivity index (χ0v) is 15.2. The maximum Gasteiger partial charge on any atom is 0.410 e. The molecule has 1 N–H and O–H groups in total. The summed E-state index contributed by atoms with van der Waals surface area (Å²) in [5.74, 6) is -0.231. The molecule has 2 amide bonds. The maximum atomic E-state index is 12.4. The summed E-state index contributed by atoms with van der Waals surface area (Å²) in [6.07, 6.45) is 2.57. The second-order valence-electron chi connectivity index (χ2n) is 5.35. The molecule has 0 bridgehead atoms. The number of rotatable bonds is 4. The molecule has 2 heterocycles. The van der Waals surface area contributed by atoms with Crippen LogP contribution in [0.3, 0.4) is 0 Å². The van der Waals surface area contributed by atoms with E-state index in [0.29, 0.717) is 18.1 Å². The Hall–Kier alpha value is -1.93. The van der Waals surface area contributed by atoms with Gasteiger partial charge in [-0.15, -0.1) is 0 Å². The van der Waals surface area contributed by atoms with E-state index >= 15 is 0 Å². The van der Waals surface area contributed by atoms with Crippen molar-refractivity contribution in [2.75, 3.05) is 11.9 Å². The summed E-state index contributed by atoms with van der Waals surface area (Å²) < 4.78 is 6.17. The number of hydrogen-bond acceptors (Lipinski definition) is 5. The highest BCUT2D eigenvalue weighted by Crippen LogP contribution is 2.25. The van der Waals surface area contributed by atoms with E-state index < -0.39 is 12.1 Å². The summed E-state index contributed by atoms with van der Waals surface area (Å²) in [7, 11) is 0. The molecular weight excluding hydrogens is 394 g/mol. The minimum atomic E-state index is -0.518. The van der Waals surface area contributed by atoms with Crippen LogP contribution >= 0.6 is 27.3 Å². The third kappa shape index (κ3) is 4.12. The topological polar surface area (TPSA) is 71.5 Å². The normalized spacial score (nSPS) is 16.9. The Morgan fingerprint density at radius 2 is 2.17 bits per heavy atom. The molecule has 0 unspecified atom stereocenters. The van der Waals surface area contributed by atoms with E-state index in [-0.39, 0.29) is 12.5 Å². The van der Waals surface area contributed by atoms with Crippen LogP contribution in [0.1, 0.15) is 18.4 Å². The van der Waals surface area contributed by atoms with Gasteiger partial charge >= 0.3 is 6.09 Å². The Bertz CT molecular complexity index is 722. The van der Waals surface area contributed by atoms with Crippen molar-refractivity contribution >= 4 is 44.4 Å². The van der Waals surface area contributed by atoms with Gasteiger partial charge in [-0.2, -0.15) is 0 Å². The molecule has 1 fully saturated rings. The fraction of sp³-hybridized carbons (Fsp3) is 0.312. The van der Waals surface area contributed by atoms with Crippen LogP contribution in [-0.4, -0.2) is 34.5 Å². The van der Waals surface area contributed by atoms with Crippen LogP contribution in [0, 0.1) is 0 Å². The van der Waals surface area contributed by atoms with E-state index in [4.69, 9.17) is 4.74 Å². The summed E-state index contributed by atoms with van der Waals surface area (Å²) in [5, 5.41) is 3.26. The molecule has 126 valence electrons. The van der Waals surface area contributed by atoms with Gasteiger partial charge in [0.05, 0.1) is 9.98 Å². The molecule has 8 heteroatoms. The van der Waals surface area contributed by atoms with Crippen LogP contribution in [0.4, 0.5) is 9.93 Å². The molecule has 0 spiro atoms. The smallest absolute Gasteiger partial charge is 0.410 e. The van der Waals surface area contributed by atoms with Crippen molar-refractivity contribution < 1.29 is 14.3 Å². The summed E-state index contributed by atoms with van der Waals surface area (Å²) in [5.41, 5.74) is 0.915. The Morgan fingerprint density at radius 3 is 2.88 bits per heavy atom. The molecule has 6 nitrogen and oxygen atoms in total. The molecular formula is C16H16BrN3O3S. The molecule has 1 aromatic carbocycles. The van der Waals surface area contributed by atoms with Crippen LogP contribution in [0.2, 0.25) is 0 Å². The van der Waals surface area contributed by atoms with E-state index in [0.717, 1.165) is 15.8 Å². The highest BCUT2D eigenvalue weighted by atomic mass is 79.9. The van der Waals surface area contributed by atoms with E-state index in [2.05, 4.69) is 26.2 Å². The number of carbonyl (C=O) groups excluding carboxylic acids is 2. The molecule has 0 radical (unpaired) electrons. The monoisotopic (exact) mass is 409 g/mol. The lowest BCUT2D eigenvalue weighted by atomic mass is 10.2. The summed E-state index contributed by atoms with van der Waals surface area (Å²) in [4.78, 5) is 30.3. The first-order chi connectivity index (χ1) is 11.6. The summed E-state index contributed by atoms with van der Waals surface area (Å²) in [6.45, 7) is 0.719. The van der Waals surface area contributed by atoms with Gasteiger partial charge in [0.25, 0.3) is 0 Å². The average molecular weight is 410 g/mol. The maximum absolute atomic E-state index is 12.4. The SMILES string of the molecule is O=C(Nc1ncc(Br)s1)[C@@H]1CCCN1C(=O)OCc1ccccc1. The van der Waals surface area contributed by atoms with Crippen molar-refractivity contribution in [2.24, 2.45) is 0 Å². The molecule has 0 saturated carbocycles. The minimum absolute atomic E-state index is 0.198. The zero-order valence-electron chi connectivity index (χ0n) is 12.8. The van der Waals surface area contributed by atoms with E-state index in [9.17, 15) is 9.59 Å². The largest absolute Gasteiger partial charge is 0.445 e. The van der Waals surface area contributed by atoms with Gasteiger partial charge in [0.2, 0.25) is 5.91 Å². The fourth-order valence-electron chi connectivity index (χ4n) is 2.56. The lowest BCUT2D eigenvalue weighted by molar-refractivity contribution is -0.120. The fourth-order valence-corrected chi connectivity index (χ4v) is 3.67. The van der Waals surface area contributed by atoms with Crippen molar-refractivity contribution in [3.8, 4) is 0 Å². The number of nitrogens with one attached hydrogen (secondary N) is 1. The zero-order chi connectivity index (χ0) is 16.9. The van der Waals surface area contributed by atoms with Crippen LogP contribution in [-0.2, 0) is 16.1 Å². The van der Waals surface area contributed by atoms with Crippen LogP contribution in [0.5, 0.6) is 0 Å². The quantitative estimate of drug-likeness (QED) is 0.836. The Morgan fingerprint density at radius 1 is 1.38 bits per heavy atom. The predicted molar refractivity (Wildman–Crippen MR) is 94.8 cm³/mol. The standard InChI is InChI=1S/C16H16BrN3O3S/c17-13-9-18-15(24-13)19-14(21)12-7-4-8-20(12)16(22)23-10-11-5-2-1-3-6-11/h1-3,5-6,9,12H,4,7-8,10H2,(H,18,19,21)/t12-/m0/s1. The van der Waals surface area contributed by atoms with Gasteiger partial charge in [-0.25, -0.2) is 9.78 Å². The van der Waals surface area contributed by atoms with Gasteiger partial charge < -0.3 is 10.1 Å². The van der Waals surface area contributed by atoms with Gasteiger partial charge in [0, 0.05) is 6.54 Å². The number of thiazole rings is 1. The average Bonchev–Trinajstić information content (AvgIpc) is 3.22. The number of likely N-dealkylation sites (tertiary alicyclic amines) is 1. The van der Waals surface area contributed by atoms with E-state index in [1.54, 1.807) is 6.20 Å². The van der Waals surface area contributed by atoms with Gasteiger partial charge in [-0.1, -0.05) is 41.7 Å². The molecule has 1 aromatic heterocycles. The van der Waals surface area contributed by atoms with Crippen molar-refractivity contribution in [1.82, 2.24) is 9.88 Å². The van der Waals surface area contributed by atoms with Crippen molar-refractivity contribution in [3.05, 3.63) is 45.9 Å². The molecule has 1 aliphatic heterocycles. The second-order valence-corrected chi connectivity index (χ2v) is 7.76. The highest BCUT2D eigenvalue weighted by Gasteiger charge is 2.35. The number of amides is 2. The van der Waals surface area contributed by atoms with Gasteiger partial charge in [0.15, 0.2) is 5.13 Å². The van der Waals surface area contributed by atoms with Gasteiger partial charge in [-0.05, 0) is 34.3 Å². The predicted octanol–water partition coefficient (Wildman–Crippen LogP) is 3.65. The number of hydrogen-bond donors (Lipinski definition) is 1. The van der Waals surface area contributed by atoms with Gasteiger partial charge in [-0.3, -0.25) is 9.69 Å². The number of nitrogens with zero attached hydrogens (tertiary/aromatic N) is 2. The number of anilines is 1. The van der Waals surface area contributed by atoms with Crippen LogP contribution in [0.15, 0.2) is 40.3 Å². The second kappa shape index (κ2) is 7.76. The Kier molecular flexibility index (Phi) is 5.47. The third-order valence-corrected chi connectivity index (χ3v) is 5.09. The number of aromatic nitrogens is 1. The molecule has 2 aromatic rings. The molecule has 0 aliphatic carbocycles. The molecule has 24 heavy (non-hydrogen) atoms. The molecule has 1 saturated heterocycles. The Balaban J connectivity index is 1.57. The number of benzene rings is 1. The first kappa shape index (κ1) is 16.9. The summed E-state index contributed by atoms with van der Waals surface area (Å²) >= 11 is 4.63. The highest BCUT2D eigenvalue weighted by molar-refractivity contribution is 9.11. The molecule has 3 rings (SSSR count). The molecule has 1 aliphatic rings.